The molecule has 0 saturated carbocycles. The van der Waals surface area contributed by atoms with Crippen LogP contribution < -0.4 is 4.74 Å². The molecule has 0 bridgehead atoms. The number of carbonyl (C=O) groups is 2. The molecule has 1 atom stereocenters. The number of allylic oxidation sites excluding steroid dienone is 1. The number of hydrogen-bond acceptors (Lipinski definition) is 5. The standard InChI is InChI=1S/C32H36O5/c1-24-13-17-28(30(21-24)37-23-27-10-5-4-6-11-27)18-14-25(9-7-8-12-31(33)35-2)22-26-15-19-29(20-16-26)32(34)36-3/h4-6,10-11,13-21,25H,7-9,12,22-23H2,1-3H3. The zero-order valence-corrected chi connectivity index (χ0v) is 21.9. The summed E-state index contributed by atoms with van der Waals surface area (Å²) in [5, 5.41) is 0. The molecule has 0 aromatic heterocycles. The third kappa shape index (κ3) is 9.26. The van der Waals surface area contributed by atoms with Crippen LogP contribution in [-0.4, -0.2) is 26.2 Å². The molecule has 0 saturated heterocycles. The molecule has 194 valence electrons. The number of unbranched alkanes of at least 4 members (excludes halogenated alkanes) is 1. The second-order valence-electron chi connectivity index (χ2n) is 9.15. The summed E-state index contributed by atoms with van der Waals surface area (Å²) in [6.07, 6.45) is 8.24. The van der Waals surface area contributed by atoms with Crippen molar-refractivity contribution in [1.82, 2.24) is 0 Å². The fourth-order valence-electron chi connectivity index (χ4n) is 4.12. The van der Waals surface area contributed by atoms with Crippen molar-refractivity contribution >= 4 is 18.0 Å². The molecule has 3 aromatic rings. The molecule has 3 rings (SSSR count). The Hall–Kier alpha value is -3.86. The first-order chi connectivity index (χ1) is 18.0. The smallest absolute Gasteiger partial charge is 0.337 e. The van der Waals surface area contributed by atoms with Crippen LogP contribution in [0.25, 0.3) is 6.08 Å². The van der Waals surface area contributed by atoms with E-state index in [1.807, 2.05) is 30.3 Å². The predicted octanol–water partition coefficient (Wildman–Crippen LogP) is 6.97. The Morgan fingerprint density at radius 2 is 1.62 bits per heavy atom. The second-order valence-corrected chi connectivity index (χ2v) is 9.15. The van der Waals surface area contributed by atoms with Crippen LogP contribution in [0.5, 0.6) is 5.75 Å². The molecule has 0 amide bonds. The van der Waals surface area contributed by atoms with Crippen molar-refractivity contribution in [1.29, 1.82) is 0 Å². The molecule has 0 aliphatic heterocycles. The number of rotatable bonds is 13. The monoisotopic (exact) mass is 500 g/mol. The summed E-state index contributed by atoms with van der Waals surface area (Å²) in [7, 11) is 2.80. The van der Waals surface area contributed by atoms with E-state index in [2.05, 4.69) is 49.4 Å². The van der Waals surface area contributed by atoms with E-state index in [0.717, 1.165) is 53.7 Å². The highest BCUT2D eigenvalue weighted by molar-refractivity contribution is 5.89. The third-order valence-electron chi connectivity index (χ3n) is 6.26. The van der Waals surface area contributed by atoms with E-state index < -0.39 is 0 Å². The highest BCUT2D eigenvalue weighted by Crippen LogP contribution is 2.26. The Morgan fingerprint density at radius 3 is 2.32 bits per heavy atom. The lowest BCUT2D eigenvalue weighted by Crippen LogP contribution is -2.05. The minimum Gasteiger partial charge on any atom is -0.488 e. The zero-order valence-electron chi connectivity index (χ0n) is 21.9. The maximum atomic E-state index is 11.8. The van der Waals surface area contributed by atoms with Crippen LogP contribution in [-0.2, 0) is 27.3 Å². The van der Waals surface area contributed by atoms with Gasteiger partial charge in [0.2, 0.25) is 0 Å². The quantitative estimate of drug-likeness (QED) is 0.187. The fraction of sp³-hybridized carbons (Fsp3) is 0.312. The summed E-state index contributed by atoms with van der Waals surface area (Å²) in [6, 6.07) is 23.9. The lowest BCUT2D eigenvalue weighted by atomic mass is 9.92. The molecule has 5 heteroatoms. The van der Waals surface area contributed by atoms with Crippen molar-refractivity contribution in [2.24, 2.45) is 5.92 Å². The van der Waals surface area contributed by atoms with Crippen LogP contribution in [0, 0.1) is 12.8 Å². The molecule has 0 N–H and O–H groups in total. The Morgan fingerprint density at radius 1 is 0.865 bits per heavy atom. The number of methoxy groups -OCH3 is 2. The van der Waals surface area contributed by atoms with Gasteiger partial charge in [0.05, 0.1) is 19.8 Å². The summed E-state index contributed by atoms with van der Waals surface area (Å²) in [6.45, 7) is 2.57. The van der Waals surface area contributed by atoms with E-state index in [1.165, 1.54) is 14.2 Å². The van der Waals surface area contributed by atoms with Crippen LogP contribution in [0.3, 0.4) is 0 Å². The molecule has 0 aliphatic rings. The van der Waals surface area contributed by atoms with E-state index in [9.17, 15) is 9.59 Å². The summed E-state index contributed by atoms with van der Waals surface area (Å²) in [4.78, 5) is 23.3. The summed E-state index contributed by atoms with van der Waals surface area (Å²) >= 11 is 0. The van der Waals surface area contributed by atoms with Gasteiger partial charge in [0.25, 0.3) is 0 Å². The van der Waals surface area contributed by atoms with Gasteiger partial charge in [-0.25, -0.2) is 4.79 Å². The molecule has 3 aromatic carbocycles. The highest BCUT2D eigenvalue weighted by Gasteiger charge is 2.11. The van der Waals surface area contributed by atoms with Crippen molar-refractivity contribution in [3.8, 4) is 5.75 Å². The highest BCUT2D eigenvalue weighted by atomic mass is 16.5. The number of aryl methyl sites for hydroxylation is 1. The maximum Gasteiger partial charge on any atom is 0.337 e. The molecule has 0 fully saturated rings. The normalized spacial score (nSPS) is 11.8. The molecule has 0 radical (unpaired) electrons. The van der Waals surface area contributed by atoms with E-state index in [-0.39, 0.29) is 17.9 Å². The molecule has 0 aliphatic carbocycles. The fourth-order valence-corrected chi connectivity index (χ4v) is 4.12. The van der Waals surface area contributed by atoms with Gasteiger partial charge in [-0.2, -0.15) is 0 Å². The van der Waals surface area contributed by atoms with Crippen molar-refractivity contribution in [3.63, 3.8) is 0 Å². The van der Waals surface area contributed by atoms with Gasteiger partial charge in [-0.3, -0.25) is 4.79 Å². The van der Waals surface area contributed by atoms with Crippen molar-refractivity contribution in [2.75, 3.05) is 14.2 Å². The first-order valence-electron chi connectivity index (χ1n) is 12.7. The Labute approximate surface area is 220 Å². The van der Waals surface area contributed by atoms with E-state index in [4.69, 9.17) is 14.2 Å². The minimum atomic E-state index is -0.340. The number of carbonyl (C=O) groups excluding carboxylic acids is 2. The number of hydrogen-bond donors (Lipinski definition) is 0. The van der Waals surface area contributed by atoms with Crippen LogP contribution in [0.4, 0.5) is 0 Å². The van der Waals surface area contributed by atoms with Crippen molar-refractivity contribution in [2.45, 2.75) is 45.6 Å². The van der Waals surface area contributed by atoms with Crippen LogP contribution in [0.2, 0.25) is 0 Å². The Kier molecular flexibility index (Phi) is 11.0. The number of benzene rings is 3. The van der Waals surface area contributed by atoms with Gasteiger partial charge in [-0.05, 0) is 67.0 Å². The average molecular weight is 501 g/mol. The SMILES string of the molecule is COC(=O)CCCCC(C=Cc1ccc(C)cc1OCc1ccccc1)Cc1ccc(C(=O)OC)cc1. The van der Waals surface area contributed by atoms with Crippen molar-refractivity contribution in [3.05, 3.63) is 107 Å². The van der Waals surface area contributed by atoms with Crippen LogP contribution in [0.15, 0.2) is 78.9 Å². The van der Waals surface area contributed by atoms with Gasteiger partial charge in [0, 0.05) is 12.0 Å². The largest absolute Gasteiger partial charge is 0.488 e. The van der Waals surface area contributed by atoms with E-state index in [1.54, 1.807) is 12.1 Å². The molecule has 5 nitrogen and oxygen atoms in total. The van der Waals surface area contributed by atoms with Crippen molar-refractivity contribution < 1.29 is 23.8 Å². The van der Waals surface area contributed by atoms with E-state index >= 15 is 0 Å². The summed E-state index contributed by atoms with van der Waals surface area (Å²) in [5.41, 5.74) is 4.97. The van der Waals surface area contributed by atoms with E-state index in [0.29, 0.717) is 18.6 Å². The molecular weight excluding hydrogens is 464 g/mol. The second kappa shape index (κ2) is 14.6. The zero-order chi connectivity index (χ0) is 26.5. The Balaban J connectivity index is 1.74. The number of esters is 2. The molecule has 0 heterocycles. The van der Waals surface area contributed by atoms with Gasteiger partial charge < -0.3 is 14.2 Å². The van der Waals surface area contributed by atoms with Gasteiger partial charge in [-0.1, -0.05) is 73.2 Å². The first-order valence-corrected chi connectivity index (χ1v) is 12.7. The van der Waals surface area contributed by atoms with Gasteiger partial charge >= 0.3 is 11.9 Å². The lowest BCUT2D eigenvalue weighted by molar-refractivity contribution is -0.140. The topological polar surface area (TPSA) is 61.8 Å². The maximum absolute atomic E-state index is 11.8. The van der Waals surface area contributed by atoms with Crippen LogP contribution >= 0.6 is 0 Å². The van der Waals surface area contributed by atoms with Crippen LogP contribution in [0.1, 0.15) is 58.3 Å². The number of ether oxygens (including phenoxy) is 3. The van der Waals surface area contributed by atoms with Gasteiger partial charge in [0.1, 0.15) is 12.4 Å². The molecule has 1 unspecified atom stereocenters. The third-order valence-corrected chi connectivity index (χ3v) is 6.26. The lowest BCUT2D eigenvalue weighted by Gasteiger charge is -2.15. The predicted molar refractivity (Wildman–Crippen MR) is 146 cm³/mol. The molecule has 37 heavy (non-hydrogen) atoms. The summed E-state index contributed by atoms with van der Waals surface area (Å²) in [5.74, 6) is 0.593. The average Bonchev–Trinajstić information content (AvgIpc) is 2.93. The molecule has 0 spiro atoms. The Bertz CT molecular complexity index is 1170. The summed E-state index contributed by atoms with van der Waals surface area (Å²) < 4.78 is 15.8. The molecular formula is C32H36O5. The van der Waals surface area contributed by atoms with Gasteiger partial charge in [-0.15, -0.1) is 0 Å². The first kappa shape index (κ1) is 27.7. The van der Waals surface area contributed by atoms with Gasteiger partial charge in [0.15, 0.2) is 0 Å². The minimum absolute atomic E-state index is 0.176.